The van der Waals surface area contributed by atoms with E-state index in [1.807, 2.05) is 6.92 Å². The number of hydrogen-bond donors (Lipinski definition) is 3. The highest BCUT2D eigenvalue weighted by Crippen LogP contribution is 2.67. The molecule has 3 saturated carbocycles. The minimum Gasteiger partial charge on any atom is -0.393 e. The molecule has 3 N–H and O–H groups in total. The van der Waals surface area contributed by atoms with Crippen molar-refractivity contribution in [3.63, 3.8) is 0 Å². The molecule has 0 bridgehead atoms. The van der Waals surface area contributed by atoms with Crippen LogP contribution in [-0.2, 0) is 0 Å². The maximum absolute atomic E-state index is 11.6. The summed E-state index contributed by atoms with van der Waals surface area (Å²) in [5.41, 5.74) is 0.914. The first-order valence-electron chi connectivity index (χ1n) is 12.8. The summed E-state index contributed by atoms with van der Waals surface area (Å²) in [6.45, 7) is 11.2. The fourth-order valence-electron chi connectivity index (χ4n) is 8.62. The van der Waals surface area contributed by atoms with Gasteiger partial charge in [-0.25, -0.2) is 0 Å². The zero-order valence-corrected chi connectivity index (χ0v) is 20.0. The van der Waals surface area contributed by atoms with Gasteiger partial charge in [-0.15, -0.1) is 0 Å². The van der Waals surface area contributed by atoms with Gasteiger partial charge >= 0.3 is 0 Å². The standard InChI is InChI=1S/C27H46O3/c1-17(2)6-11-24(29)27(5,30)23-10-9-21-20-8-7-18-16-19(28)12-14-25(18,3)22(20)13-15-26(21,23)4/h7,17,19-24,28-30H,6,8-16H2,1-5H3/t19-,20-,21-,22-,23-,24-,25-,26-,27?/m0/s1. The van der Waals surface area contributed by atoms with Crippen LogP contribution >= 0.6 is 0 Å². The average molecular weight is 419 g/mol. The van der Waals surface area contributed by atoms with E-state index in [-0.39, 0.29) is 22.9 Å². The molecule has 0 spiro atoms. The largest absolute Gasteiger partial charge is 0.393 e. The first-order chi connectivity index (χ1) is 14.0. The van der Waals surface area contributed by atoms with Gasteiger partial charge in [-0.2, -0.15) is 0 Å². The van der Waals surface area contributed by atoms with Crippen LogP contribution in [0.1, 0.15) is 98.8 Å². The Hall–Kier alpha value is -0.380. The van der Waals surface area contributed by atoms with Crippen molar-refractivity contribution in [1.82, 2.24) is 0 Å². The maximum Gasteiger partial charge on any atom is 0.0910 e. The lowest BCUT2D eigenvalue weighted by atomic mass is 9.46. The zero-order valence-electron chi connectivity index (χ0n) is 20.0. The minimum absolute atomic E-state index is 0.124. The van der Waals surface area contributed by atoms with Crippen molar-refractivity contribution in [1.29, 1.82) is 0 Å². The fourth-order valence-corrected chi connectivity index (χ4v) is 8.62. The van der Waals surface area contributed by atoms with E-state index < -0.39 is 11.7 Å². The predicted molar refractivity (Wildman–Crippen MR) is 122 cm³/mol. The Balaban J connectivity index is 1.55. The van der Waals surface area contributed by atoms with Crippen LogP contribution in [0.15, 0.2) is 11.6 Å². The Morgan fingerprint density at radius 3 is 2.50 bits per heavy atom. The molecular weight excluding hydrogens is 372 g/mol. The van der Waals surface area contributed by atoms with Crippen molar-refractivity contribution >= 4 is 0 Å². The van der Waals surface area contributed by atoms with E-state index in [2.05, 4.69) is 33.8 Å². The lowest BCUT2D eigenvalue weighted by Gasteiger charge is -2.59. The Kier molecular flexibility index (Phi) is 5.99. The van der Waals surface area contributed by atoms with Crippen molar-refractivity contribution in [3.8, 4) is 0 Å². The van der Waals surface area contributed by atoms with E-state index >= 15 is 0 Å². The van der Waals surface area contributed by atoms with Crippen LogP contribution < -0.4 is 0 Å². The SMILES string of the molecule is CC(C)CC[C@H](O)C(C)(O)[C@H]1CC[C@H]2[C@@H]3CC=C4C[C@@H](O)CC[C@]4(C)[C@H]3CC[C@]12C. The van der Waals surface area contributed by atoms with Gasteiger partial charge in [0.05, 0.1) is 17.8 Å². The van der Waals surface area contributed by atoms with E-state index in [1.54, 1.807) is 0 Å². The molecule has 4 aliphatic rings. The number of aliphatic hydroxyl groups is 3. The highest BCUT2D eigenvalue weighted by Gasteiger charge is 2.62. The third-order valence-corrected chi connectivity index (χ3v) is 10.5. The van der Waals surface area contributed by atoms with Crippen LogP contribution in [0.3, 0.4) is 0 Å². The van der Waals surface area contributed by atoms with E-state index in [9.17, 15) is 15.3 Å². The summed E-state index contributed by atoms with van der Waals surface area (Å²) in [6, 6.07) is 0. The summed E-state index contributed by atoms with van der Waals surface area (Å²) in [5, 5.41) is 32.7. The zero-order chi connectivity index (χ0) is 21.9. The second kappa shape index (κ2) is 7.89. The first-order valence-corrected chi connectivity index (χ1v) is 12.8. The first kappa shape index (κ1) is 22.8. The lowest BCUT2D eigenvalue weighted by Crippen LogP contribution is -2.55. The molecule has 0 saturated heterocycles. The van der Waals surface area contributed by atoms with Gasteiger partial charge in [0.1, 0.15) is 0 Å². The van der Waals surface area contributed by atoms with E-state index in [0.29, 0.717) is 24.2 Å². The van der Waals surface area contributed by atoms with Crippen molar-refractivity contribution < 1.29 is 15.3 Å². The quantitative estimate of drug-likeness (QED) is 0.519. The molecule has 0 aliphatic heterocycles. The van der Waals surface area contributed by atoms with Crippen LogP contribution in [0.4, 0.5) is 0 Å². The predicted octanol–water partition coefficient (Wildman–Crippen LogP) is 5.47. The summed E-state index contributed by atoms with van der Waals surface area (Å²) in [5.74, 6) is 2.80. The van der Waals surface area contributed by atoms with E-state index in [1.165, 1.54) is 24.8 Å². The molecule has 9 atom stereocenters. The molecule has 0 radical (unpaired) electrons. The highest BCUT2D eigenvalue weighted by molar-refractivity contribution is 5.25. The lowest BCUT2D eigenvalue weighted by molar-refractivity contribution is -0.151. The topological polar surface area (TPSA) is 60.7 Å². The molecule has 172 valence electrons. The second-order valence-corrected chi connectivity index (χ2v) is 12.5. The summed E-state index contributed by atoms with van der Waals surface area (Å²) in [4.78, 5) is 0. The monoisotopic (exact) mass is 418 g/mol. The van der Waals surface area contributed by atoms with Gasteiger partial charge < -0.3 is 15.3 Å². The van der Waals surface area contributed by atoms with Gasteiger partial charge in [0, 0.05) is 0 Å². The average Bonchev–Trinajstić information content (AvgIpc) is 3.04. The number of allylic oxidation sites excluding steroid dienone is 1. The van der Waals surface area contributed by atoms with Crippen LogP contribution in [0.5, 0.6) is 0 Å². The van der Waals surface area contributed by atoms with Gasteiger partial charge in [0.2, 0.25) is 0 Å². The van der Waals surface area contributed by atoms with Crippen LogP contribution in [0, 0.1) is 40.4 Å². The molecule has 0 amide bonds. The number of aliphatic hydroxyl groups excluding tert-OH is 2. The molecular formula is C27H46O3. The van der Waals surface area contributed by atoms with Crippen LogP contribution in [0.25, 0.3) is 0 Å². The third kappa shape index (κ3) is 3.52. The summed E-state index contributed by atoms with van der Waals surface area (Å²) < 4.78 is 0. The van der Waals surface area contributed by atoms with Gasteiger partial charge in [0.15, 0.2) is 0 Å². The van der Waals surface area contributed by atoms with E-state index in [4.69, 9.17) is 0 Å². The Morgan fingerprint density at radius 2 is 1.80 bits per heavy atom. The molecule has 4 rings (SSSR count). The molecule has 3 heteroatoms. The van der Waals surface area contributed by atoms with Crippen molar-refractivity contribution in [3.05, 3.63) is 11.6 Å². The van der Waals surface area contributed by atoms with E-state index in [0.717, 1.165) is 44.4 Å². The molecule has 0 heterocycles. The molecule has 0 aromatic carbocycles. The maximum atomic E-state index is 11.6. The molecule has 0 aromatic heterocycles. The highest BCUT2D eigenvalue weighted by atomic mass is 16.3. The van der Waals surface area contributed by atoms with Gasteiger partial charge in [-0.3, -0.25) is 0 Å². The number of hydrogen-bond acceptors (Lipinski definition) is 3. The molecule has 30 heavy (non-hydrogen) atoms. The molecule has 3 nitrogen and oxygen atoms in total. The summed E-state index contributed by atoms with van der Waals surface area (Å²) in [6.07, 6.45) is 12.1. The number of rotatable bonds is 5. The molecule has 1 unspecified atom stereocenters. The van der Waals surface area contributed by atoms with Crippen LogP contribution in [-0.4, -0.2) is 33.1 Å². The summed E-state index contributed by atoms with van der Waals surface area (Å²) in [7, 11) is 0. The molecule has 4 aliphatic carbocycles. The van der Waals surface area contributed by atoms with Gasteiger partial charge in [-0.1, -0.05) is 39.3 Å². The Morgan fingerprint density at radius 1 is 1.07 bits per heavy atom. The van der Waals surface area contributed by atoms with Gasteiger partial charge in [-0.05, 0) is 112 Å². The van der Waals surface area contributed by atoms with Crippen molar-refractivity contribution in [2.75, 3.05) is 0 Å². The Labute approximate surface area is 184 Å². The normalized spacial score (nSPS) is 46.4. The number of fused-ring (bicyclic) bond motifs is 5. The summed E-state index contributed by atoms with van der Waals surface area (Å²) >= 11 is 0. The fraction of sp³-hybridized carbons (Fsp3) is 0.926. The second-order valence-electron chi connectivity index (χ2n) is 12.5. The van der Waals surface area contributed by atoms with Gasteiger partial charge in [0.25, 0.3) is 0 Å². The minimum atomic E-state index is -1.00. The molecule has 3 fully saturated rings. The molecule has 0 aromatic rings. The Bertz CT molecular complexity index is 667. The van der Waals surface area contributed by atoms with Crippen LogP contribution in [0.2, 0.25) is 0 Å². The van der Waals surface area contributed by atoms with Crippen molar-refractivity contribution in [2.24, 2.45) is 40.4 Å². The third-order valence-electron chi connectivity index (χ3n) is 10.5. The van der Waals surface area contributed by atoms with Crippen molar-refractivity contribution in [2.45, 2.75) is 117 Å². The smallest absolute Gasteiger partial charge is 0.0910 e.